The second-order valence-electron chi connectivity index (χ2n) is 22.2. The Labute approximate surface area is 527 Å². The number of rotatable bonds is 64. The van der Waals surface area contributed by atoms with Crippen LogP contribution in [0.15, 0.2) is 20.3 Å². The molecule has 0 aliphatic rings. The van der Waals surface area contributed by atoms with Gasteiger partial charge in [0.15, 0.2) is 25.8 Å². The van der Waals surface area contributed by atoms with Crippen molar-refractivity contribution in [2.45, 2.75) is 270 Å². The third kappa shape index (κ3) is 58.8. The summed E-state index contributed by atoms with van der Waals surface area (Å²) in [5.74, 6) is -4.20. The Morgan fingerprint density at radius 3 is 0.966 bits per heavy atom. The number of hydrogen-bond acceptors (Lipinski definition) is 17. The largest absolute Gasteiger partial charge is 0.370 e. The zero-order valence-corrected chi connectivity index (χ0v) is 54.4. The van der Waals surface area contributed by atoms with E-state index in [0.29, 0.717) is 0 Å². The van der Waals surface area contributed by atoms with Crippen LogP contribution in [0, 0.1) is 0 Å². The van der Waals surface area contributed by atoms with E-state index < -0.39 is 59.4 Å². The van der Waals surface area contributed by atoms with Crippen molar-refractivity contribution in [1.82, 2.24) is 54.0 Å². The summed E-state index contributed by atoms with van der Waals surface area (Å²) in [6.07, 6.45) is 44.2. The maximum atomic E-state index is 13.7. The first kappa shape index (κ1) is 81.8. The van der Waals surface area contributed by atoms with Crippen LogP contribution >= 0.6 is 0 Å². The zero-order chi connectivity index (χ0) is 64.4. The molecule has 508 valence electrons. The zero-order valence-electron chi connectivity index (χ0n) is 54.4. The van der Waals surface area contributed by atoms with Gasteiger partial charge in [0, 0.05) is 70.8 Å². The SMILES string of the molecule is CCCCCCCCCCCC/C=N/NOCC(=O)NCCNC(=O)CC[C@H](N=C(N)N)C(=O)N[C@@H](CCC(=O)NCCNC(=O)CON/N=C/CCCCCCCCCCCC)C(=O)NCCNC(=O)CON/N=C/CCCCCCCCCCCC. The van der Waals surface area contributed by atoms with Gasteiger partial charge in [0.2, 0.25) is 41.4 Å². The fourth-order valence-corrected chi connectivity index (χ4v) is 9.04. The third-order valence-electron chi connectivity index (χ3n) is 14.1. The maximum Gasteiger partial charge on any atom is 0.248 e. The van der Waals surface area contributed by atoms with E-state index in [1.54, 1.807) is 18.6 Å². The molecule has 0 saturated heterocycles. The minimum Gasteiger partial charge on any atom is -0.370 e. The molecule has 0 radical (unpaired) electrons. The lowest BCUT2D eigenvalue weighted by atomic mass is 10.1. The first-order chi connectivity index (χ1) is 42.9. The normalized spacial score (nSPS) is 11.9. The highest BCUT2D eigenvalue weighted by molar-refractivity contribution is 5.92. The molecule has 0 saturated carbocycles. The van der Waals surface area contributed by atoms with Gasteiger partial charge in [-0.3, -0.25) is 33.6 Å². The molecule has 14 N–H and O–H groups in total. The molecule has 0 aliphatic carbocycles. The first-order valence-electron chi connectivity index (χ1n) is 33.6. The van der Waals surface area contributed by atoms with E-state index in [1.165, 1.54) is 154 Å². The predicted octanol–water partition coefficient (Wildman–Crippen LogP) is 6.82. The van der Waals surface area contributed by atoms with Crippen LogP contribution in [0.25, 0.3) is 0 Å². The van der Waals surface area contributed by atoms with Crippen LogP contribution in [-0.4, -0.2) is 137 Å². The Balaban J connectivity index is 5.00. The quantitative estimate of drug-likeness (QED) is 0.0129. The lowest BCUT2D eigenvalue weighted by Gasteiger charge is -2.21. The number of nitrogens with zero attached hydrogens (tertiary/aromatic N) is 4. The summed E-state index contributed by atoms with van der Waals surface area (Å²) in [5.41, 5.74) is 18.5. The van der Waals surface area contributed by atoms with Gasteiger partial charge in [0.05, 0.1) is 0 Å². The summed E-state index contributed by atoms with van der Waals surface area (Å²) >= 11 is 0. The number of carbonyl (C=O) groups is 7. The summed E-state index contributed by atoms with van der Waals surface area (Å²) in [5, 5.41) is 30.4. The van der Waals surface area contributed by atoms with Crippen LogP contribution in [0.5, 0.6) is 0 Å². The third-order valence-corrected chi connectivity index (χ3v) is 14.1. The van der Waals surface area contributed by atoms with E-state index in [-0.39, 0.29) is 84.8 Å². The highest BCUT2D eigenvalue weighted by Crippen LogP contribution is 2.14. The van der Waals surface area contributed by atoms with Gasteiger partial charge in [0.1, 0.15) is 12.1 Å². The number of guanidine groups is 1. The van der Waals surface area contributed by atoms with E-state index >= 15 is 0 Å². The minimum atomic E-state index is -1.30. The Morgan fingerprint density at radius 1 is 0.364 bits per heavy atom. The van der Waals surface area contributed by atoms with Gasteiger partial charge >= 0.3 is 0 Å². The van der Waals surface area contributed by atoms with Crippen LogP contribution in [-0.2, 0) is 48.1 Å². The average Bonchev–Trinajstić information content (AvgIpc) is 3.63. The van der Waals surface area contributed by atoms with Crippen molar-refractivity contribution >= 4 is 66.0 Å². The summed E-state index contributed by atoms with van der Waals surface area (Å²) < 4.78 is 0. The molecule has 0 aromatic rings. The Hall–Kier alpha value is -6.15. The number of nitrogens with one attached hydrogen (secondary N) is 10. The summed E-state index contributed by atoms with van der Waals surface area (Å²) in [4.78, 5) is 109. The fraction of sp³-hybridized carbons (Fsp3) is 0.823. The van der Waals surface area contributed by atoms with Crippen LogP contribution < -0.4 is 65.5 Å². The molecule has 2 atom stereocenters. The molecule has 0 aromatic carbocycles. The van der Waals surface area contributed by atoms with Crippen molar-refractivity contribution in [3.05, 3.63) is 0 Å². The summed E-state index contributed by atoms with van der Waals surface area (Å²) in [6.45, 7) is 6.01. The molecule has 88 heavy (non-hydrogen) atoms. The van der Waals surface area contributed by atoms with E-state index in [1.807, 2.05) is 0 Å². The van der Waals surface area contributed by atoms with Gasteiger partial charge in [-0.15, -0.1) is 0 Å². The minimum absolute atomic E-state index is 0.00554. The van der Waals surface area contributed by atoms with Crippen molar-refractivity contribution in [1.29, 1.82) is 0 Å². The van der Waals surface area contributed by atoms with Crippen molar-refractivity contribution < 1.29 is 48.1 Å². The molecule has 0 unspecified atom stereocenters. The number of amides is 7. The molecule has 0 spiro atoms. The second-order valence-corrected chi connectivity index (χ2v) is 22.2. The smallest absolute Gasteiger partial charge is 0.248 e. The molecule has 0 aliphatic heterocycles. The predicted molar refractivity (Wildman–Crippen MR) is 350 cm³/mol. The molecular formula is C62H120N16O10. The number of hydrazone groups is 3. The highest BCUT2D eigenvalue weighted by Gasteiger charge is 2.27. The van der Waals surface area contributed by atoms with Gasteiger partial charge in [-0.25, -0.2) is 19.5 Å². The highest BCUT2D eigenvalue weighted by atomic mass is 16.7. The van der Waals surface area contributed by atoms with Gasteiger partial charge < -0.3 is 48.7 Å². The van der Waals surface area contributed by atoms with Gasteiger partial charge in [-0.1, -0.05) is 194 Å². The van der Waals surface area contributed by atoms with Gasteiger partial charge in [-0.2, -0.15) is 32.1 Å². The van der Waals surface area contributed by atoms with Crippen LogP contribution in [0.4, 0.5) is 0 Å². The van der Waals surface area contributed by atoms with Gasteiger partial charge in [0.25, 0.3) is 0 Å². The van der Waals surface area contributed by atoms with E-state index in [0.717, 1.165) is 57.8 Å². The number of aliphatic imine (C=N–C) groups is 1. The second kappa shape index (κ2) is 63.9. The number of nitrogens with two attached hydrogens (primary N) is 2. The molecule has 0 heterocycles. The monoisotopic (exact) mass is 1250 g/mol. The standard InChI is InChI=1S/C62H120N16O10/c1-4-7-10-13-16-19-22-25-28-31-34-41-71-76-86-50-57(81)67-46-44-65-55(79)39-37-53(60(84)70-49-48-69-59(83)52-88-78-73-43-36-33-30-27-24-21-18-15-12-9-6-3)74-61(85)54(75-62(63)64)38-40-56(80)66-45-47-68-58(82)51-87-77-72-42-35-32-29-26-23-20-17-14-11-8-5-2/h41-43,53-54,76-78H,4-40,44-52H2,1-3H3,(H,65,79)(H,66,80)(H,67,81)(H,68,82)(H,69,83)(H,70,84)(H,74,85)(H4,63,64,75)/b71-41+,72-42+,73-43+/t53-,54-/m0/s1. The molecule has 0 aromatic heterocycles. The first-order valence-corrected chi connectivity index (χ1v) is 33.6. The van der Waals surface area contributed by atoms with Crippen LogP contribution in [0.2, 0.25) is 0 Å². The summed E-state index contributed by atoms with van der Waals surface area (Å²) in [7, 11) is 0. The van der Waals surface area contributed by atoms with E-state index in [4.69, 9.17) is 26.0 Å². The number of carbonyl (C=O) groups excluding carboxylic acids is 7. The molecule has 0 fully saturated rings. The fourth-order valence-electron chi connectivity index (χ4n) is 9.04. The number of hydrogen-bond donors (Lipinski definition) is 12. The van der Waals surface area contributed by atoms with Crippen molar-refractivity contribution in [3.8, 4) is 0 Å². The lowest BCUT2D eigenvalue weighted by molar-refractivity contribution is -0.131. The molecule has 0 rings (SSSR count). The van der Waals surface area contributed by atoms with E-state index in [9.17, 15) is 33.6 Å². The summed E-state index contributed by atoms with van der Waals surface area (Å²) in [6, 6.07) is -2.58. The van der Waals surface area contributed by atoms with Crippen LogP contribution in [0.3, 0.4) is 0 Å². The van der Waals surface area contributed by atoms with Crippen molar-refractivity contribution in [3.63, 3.8) is 0 Å². The molecule has 7 amide bonds. The van der Waals surface area contributed by atoms with E-state index in [2.05, 4.69) is 95.1 Å². The van der Waals surface area contributed by atoms with Gasteiger partial charge in [-0.05, 0) is 51.4 Å². The molecule has 0 bridgehead atoms. The van der Waals surface area contributed by atoms with Crippen molar-refractivity contribution in [2.75, 3.05) is 59.1 Å². The maximum absolute atomic E-state index is 13.7. The molecule has 26 heteroatoms. The Bertz CT molecular complexity index is 1880. The molecule has 26 nitrogen and oxygen atoms in total. The number of unbranched alkanes of at least 4 members (excludes halogenated alkanes) is 30. The average molecular weight is 1250 g/mol. The topological polar surface area (TPSA) is 369 Å². The molecular weight excluding hydrogens is 1130 g/mol. The van der Waals surface area contributed by atoms with Crippen LogP contribution in [0.1, 0.15) is 258 Å². The Kier molecular flexibility index (Phi) is 59.4. The Morgan fingerprint density at radius 2 is 0.648 bits per heavy atom. The lowest BCUT2D eigenvalue weighted by Crippen LogP contribution is -2.51. The van der Waals surface area contributed by atoms with Crippen molar-refractivity contribution in [2.24, 2.45) is 31.8 Å².